The standard InChI is InChI=1S/C25H28N4O3S.2ClH/c1-15(26)29-10-8-20(9-11-29)32-19-5-2-16(3-6-19)22(25(30)31)14-21-13-18-12-17(24(27)28)4-7-23(18)33-21;;/h2-7,12-13,20,22,26H,8-11,14H2,1H3,(H3,27,28)(H,30,31);2*1H. The number of amidine groups is 2. The average Bonchev–Trinajstić information content (AvgIpc) is 3.20. The smallest absolute Gasteiger partial charge is 0.311 e. The minimum atomic E-state index is -0.861. The Hall–Kier alpha value is -2.81. The van der Waals surface area contributed by atoms with E-state index in [1.165, 1.54) is 0 Å². The molecule has 35 heavy (non-hydrogen) atoms. The van der Waals surface area contributed by atoms with Gasteiger partial charge in [-0.25, -0.2) is 0 Å². The highest BCUT2D eigenvalue weighted by Crippen LogP contribution is 2.32. The van der Waals surface area contributed by atoms with E-state index < -0.39 is 11.9 Å². The van der Waals surface area contributed by atoms with E-state index in [-0.39, 0.29) is 36.8 Å². The van der Waals surface area contributed by atoms with Gasteiger partial charge in [-0.05, 0) is 60.7 Å². The molecule has 0 amide bonds. The van der Waals surface area contributed by atoms with E-state index in [0.717, 1.165) is 52.2 Å². The summed E-state index contributed by atoms with van der Waals surface area (Å²) in [6, 6.07) is 15.0. The Morgan fingerprint density at radius 3 is 2.37 bits per heavy atom. The van der Waals surface area contributed by atoms with Gasteiger partial charge in [-0.2, -0.15) is 0 Å². The molecule has 0 aliphatic carbocycles. The molecule has 1 aromatic heterocycles. The molecule has 5 N–H and O–H groups in total. The first-order valence-corrected chi connectivity index (χ1v) is 11.8. The van der Waals surface area contributed by atoms with Crippen LogP contribution in [0.25, 0.3) is 10.1 Å². The number of nitrogen functional groups attached to an aromatic ring is 1. The molecule has 0 spiro atoms. The Balaban J connectivity index is 0.00000216. The van der Waals surface area contributed by atoms with Gasteiger partial charge >= 0.3 is 5.97 Å². The Morgan fingerprint density at radius 1 is 1.14 bits per heavy atom. The molecule has 1 aliphatic heterocycles. The van der Waals surface area contributed by atoms with Gasteiger partial charge in [0.05, 0.1) is 11.8 Å². The van der Waals surface area contributed by atoms with Gasteiger partial charge < -0.3 is 20.5 Å². The van der Waals surface area contributed by atoms with Crippen LogP contribution in [-0.2, 0) is 11.2 Å². The number of carbonyl (C=O) groups is 1. The van der Waals surface area contributed by atoms with Crippen LogP contribution < -0.4 is 10.5 Å². The molecule has 10 heteroatoms. The number of fused-ring (bicyclic) bond motifs is 1. The minimum Gasteiger partial charge on any atom is -0.490 e. The summed E-state index contributed by atoms with van der Waals surface area (Å²) in [5, 5.41) is 26.2. The monoisotopic (exact) mass is 536 g/mol. The number of carboxylic acid groups (broad SMARTS) is 1. The maximum absolute atomic E-state index is 12.1. The van der Waals surface area contributed by atoms with Crippen molar-refractivity contribution in [3.8, 4) is 5.75 Å². The maximum atomic E-state index is 12.1. The molecule has 0 radical (unpaired) electrons. The summed E-state index contributed by atoms with van der Waals surface area (Å²) in [5.41, 5.74) is 6.99. The van der Waals surface area contributed by atoms with Crippen molar-refractivity contribution in [3.63, 3.8) is 0 Å². The highest BCUT2D eigenvalue weighted by Gasteiger charge is 2.23. The molecule has 1 fully saturated rings. The summed E-state index contributed by atoms with van der Waals surface area (Å²) in [6.07, 6.45) is 2.24. The first-order chi connectivity index (χ1) is 15.8. The van der Waals surface area contributed by atoms with Gasteiger partial charge in [0, 0.05) is 41.1 Å². The molecule has 4 rings (SSSR count). The lowest BCUT2D eigenvalue weighted by Gasteiger charge is -2.32. The second kappa shape index (κ2) is 12.2. The molecule has 7 nitrogen and oxygen atoms in total. The molecule has 1 aliphatic rings. The molecular weight excluding hydrogens is 507 g/mol. The van der Waals surface area contributed by atoms with E-state index in [1.807, 2.05) is 48.5 Å². The van der Waals surface area contributed by atoms with Crippen LogP contribution in [0.3, 0.4) is 0 Å². The fraction of sp³-hybridized carbons (Fsp3) is 0.320. The zero-order chi connectivity index (χ0) is 23.5. The van der Waals surface area contributed by atoms with Crippen LogP contribution >= 0.6 is 36.2 Å². The molecule has 2 heterocycles. The number of hydrogen-bond acceptors (Lipinski definition) is 5. The summed E-state index contributed by atoms with van der Waals surface area (Å²) >= 11 is 1.57. The van der Waals surface area contributed by atoms with Crippen LogP contribution in [0.1, 0.15) is 41.7 Å². The molecule has 1 atom stereocenters. The number of thiophene rings is 1. The third kappa shape index (κ3) is 6.87. The van der Waals surface area contributed by atoms with E-state index in [0.29, 0.717) is 17.8 Å². The van der Waals surface area contributed by atoms with Crippen molar-refractivity contribution in [3.05, 3.63) is 64.5 Å². The second-order valence-corrected chi connectivity index (χ2v) is 9.60. The Labute approximate surface area is 221 Å². The summed E-state index contributed by atoms with van der Waals surface area (Å²) in [5.74, 6) is -0.161. The van der Waals surface area contributed by atoms with E-state index in [2.05, 4.69) is 4.90 Å². The van der Waals surface area contributed by atoms with Gasteiger partial charge in [0.25, 0.3) is 0 Å². The normalized spacial score (nSPS) is 14.5. The van der Waals surface area contributed by atoms with Gasteiger partial charge in [0.1, 0.15) is 17.7 Å². The van der Waals surface area contributed by atoms with Gasteiger partial charge in [0.15, 0.2) is 0 Å². The van der Waals surface area contributed by atoms with Crippen molar-refractivity contribution in [1.29, 1.82) is 10.8 Å². The highest BCUT2D eigenvalue weighted by molar-refractivity contribution is 7.19. The van der Waals surface area contributed by atoms with Gasteiger partial charge in [-0.15, -0.1) is 36.2 Å². The van der Waals surface area contributed by atoms with Gasteiger partial charge in [0.2, 0.25) is 0 Å². The summed E-state index contributed by atoms with van der Waals surface area (Å²) < 4.78 is 7.15. The van der Waals surface area contributed by atoms with Crippen LogP contribution in [0.2, 0.25) is 0 Å². The van der Waals surface area contributed by atoms with E-state index in [9.17, 15) is 9.90 Å². The van der Waals surface area contributed by atoms with Crippen LogP contribution in [0.5, 0.6) is 5.75 Å². The predicted molar refractivity (Wildman–Crippen MR) is 146 cm³/mol. The number of ether oxygens (including phenoxy) is 1. The number of halogens is 2. The average molecular weight is 538 g/mol. The lowest BCUT2D eigenvalue weighted by molar-refractivity contribution is -0.138. The Bertz CT molecular complexity index is 1190. The number of likely N-dealkylation sites (tertiary alicyclic amines) is 1. The van der Waals surface area contributed by atoms with E-state index in [4.69, 9.17) is 21.3 Å². The van der Waals surface area contributed by atoms with E-state index in [1.54, 1.807) is 18.3 Å². The number of hydrogen-bond donors (Lipinski definition) is 4. The molecule has 0 saturated carbocycles. The topological polar surface area (TPSA) is 123 Å². The molecule has 2 aromatic carbocycles. The molecule has 188 valence electrons. The van der Waals surface area contributed by atoms with Gasteiger partial charge in [-0.1, -0.05) is 12.1 Å². The van der Waals surface area contributed by atoms with Crippen molar-refractivity contribution in [1.82, 2.24) is 4.90 Å². The molecule has 0 bridgehead atoms. The number of rotatable bonds is 7. The van der Waals surface area contributed by atoms with E-state index >= 15 is 0 Å². The first-order valence-electron chi connectivity index (χ1n) is 11.0. The molecule has 1 unspecified atom stereocenters. The largest absolute Gasteiger partial charge is 0.490 e. The summed E-state index contributed by atoms with van der Waals surface area (Å²) in [7, 11) is 0. The molecule has 3 aromatic rings. The summed E-state index contributed by atoms with van der Waals surface area (Å²) in [6.45, 7) is 3.45. The third-order valence-corrected chi connectivity index (χ3v) is 7.22. The molecule has 1 saturated heterocycles. The van der Waals surface area contributed by atoms with Crippen LogP contribution in [0.4, 0.5) is 0 Å². The predicted octanol–water partition coefficient (Wildman–Crippen LogP) is 5.28. The number of aliphatic carboxylic acids is 1. The van der Waals surface area contributed by atoms with Crippen molar-refractivity contribution in [2.75, 3.05) is 13.1 Å². The first kappa shape index (κ1) is 28.4. The van der Waals surface area contributed by atoms with Crippen molar-refractivity contribution < 1.29 is 14.6 Å². The number of nitrogens with one attached hydrogen (secondary N) is 2. The highest BCUT2D eigenvalue weighted by atomic mass is 35.5. The minimum absolute atomic E-state index is 0. The fourth-order valence-electron chi connectivity index (χ4n) is 4.20. The van der Waals surface area contributed by atoms with Crippen molar-refractivity contribution in [2.24, 2.45) is 5.73 Å². The number of nitrogens with two attached hydrogens (primary N) is 1. The lowest BCUT2D eigenvalue weighted by Crippen LogP contribution is -2.40. The fourth-order valence-corrected chi connectivity index (χ4v) is 5.29. The zero-order valence-corrected chi connectivity index (χ0v) is 21.8. The Morgan fingerprint density at radius 2 is 1.80 bits per heavy atom. The van der Waals surface area contributed by atoms with Crippen LogP contribution in [0.15, 0.2) is 48.5 Å². The number of benzene rings is 2. The van der Waals surface area contributed by atoms with Crippen molar-refractivity contribution >= 4 is 63.9 Å². The zero-order valence-electron chi connectivity index (χ0n) is 19.3. The number of piperidine rings is 1. The van der Waals surface area contributed by atoms with Crippen LogP contribution in [0, 0.1) is 10.8 Å². The van der Waals surface area contributed by atoms with Gasteiger partial charge in [-0.3, -0.25) is 15.6 Å². The third-order valence-electron chi connectivity index (χ3n) is 6.08. The maximum Gasteiger partial charge on any atom is 0.311 e. The van der Waals surface area contributed by atoms with Crippen molar-refractivity contribution in [2.45, 2.75) is 38.2 Å². The lowest BCUT2D eigenvalue weighted by atomic mass is 9.95. The Kier molecular flexibility index (Phi) is 9.94. The quantitative estimate of drug-likeness (QED) is 0.241. The van der Waals surface area contributed by atoms with Crippen LogP contribution in [-0.4, -0.2) is 46.8 Å². The SMILES string of the molecule is CC(=N)N1CCC(Oc2ccc(C(Cc3cc4cc(C(=N)N)ccc4s3)C(=O)O)cc2)CC1.Cl.Cl. The number of nitrogens with zero attached hydrogens (tertiary/aromatic N) is 1. The number of carboxylic acids is 1. The molecular formula is C25H30Cl2N4O3S. The summed E-state index contributed by atoms with van der Waals surface area (Å²) in [4.78, 5) is 15.1. The second-order valence-electron chi connectivity index (χ2n) is 8.43.